The molecule has 1 rings (SSSR count). The van der Waals surface area contributed by atoms with Crippen LogP contribution in [0.25, 0.3) is 0 Å². The number of carboxylic acids is 1. The van der Waals surface area contributed by atoms with Gasteiger partial charge in [-0.3, -0.25) is 9.69 Å². The SMILES string of the molecule is CCC(c1cccc(F)c1)N(CC(=O)O)C(C)C. The van der Waals surface area contributed by atoms with E-state index in [9.17, 15) is 9.18 Å². The van der Waals surface area contributed by atoms with E-state index in [2.05, 4.69) is 0 Å². The van der Waals surface area contributed by atoms with Crippen LogP contribution < -0.4 is 0 Å². The summed E-state index contributed by atoms with van der Waals surface area (Å²) in [5.41, 5.74) is 0.826. The molecule has 0 heterocycles. The van der Waals surface area contributed by atoms with Crippen molar-refractivity contribution in [3.63, 3.8) is 0 Å². The fraction of sp³-hybridized carbons (Fsp3) is 0.500. The van der Waals surface area contributed by atoms with Gasteiger partial charge in [0.25, 0.3) is 0 Å². The van der Waals surface area contributed by atoms with E-state index in [1.807, 2.05) is 31.7 Å². The fourth-order valence-electron chi connectivity index (χ4n) is 2.18. The molecule has 4 heteroatoms. The molecule has 3 nitrogen and oxygen atoms in total. The summed E-state index contributed by atoms with van der Waals surface area (Å²) in [7, 11) is 0. The van der Waals surface area contributed by atoms with Crippen molar-refractivity contribution in [2.45, 2.75) is 39.3 Å². The Bertz CT molecular complexity index is 407. The lowest BCUT2D eigenvalue weighted by Crippen LogP contribution is -2.38. The molecule has 0 amide bonds. The van der Waals surface area contributed by atoms with Crippen molar-refractivity contribution in [2.24, 2.45) is 0 Å². The third-order valence-corrected chi connectivity index (χ3v) is 3.00. The monoisotopic (exact) mass is 253 g/mol. The standard InChI is InChI=1S/C14H20FNO2/c1-4-13(11-6-5-7-12(15)8-11)16(10(2)3)9-14(17)18/h5-8,10,13H,4,9H2,1-3H3,(H,17,18). The van der Waals surface area contributed by atoms with Gasteiger partial charge in [0.15, 0.2) is 0 Å². The number of carbonyl (C=O) groups is 1. The maximum absolute atomic E-state index is 13.3. The Morgan fingerprint density at radius 1 is 1.44 bits per heavy atom. The second-order valence-corrected chi connectivity index (χ2v) is 4.64. The minimum atomic E-state index is -0.862. The normalized spacial score (nSPS) is 13.0. The van der Waals surface area contributed by atoms with Gasteiger partial charge >= 0.3 is 5.97 Å². The number of hydrogen-bond acceptors (Lipinski definition) is 2. The van der Waals surface area contributed by atoms with Crippen LogP contribution in [-0.2, 0) is 4.79 Å². The summed E-state index contributed by atoms with van der Waals surface area (Å²) in [5, 5.41) is 8.96. The molecule has 0 radical (unpaired) electrons. The molecule has 100 valence electrons. The summed E-state index contributed by atoms with van der Waals surface area (Å²) in [6, 6.07) is 6.39. The largest absolute Gasteiger partial charge is 0.480 e. The maximum Gasteiger partial charge on any atom is 0.317 e. The van der Waals surface area contributed by atoms with Gasteiger partial charge in [-0.05, 0) is 38.0 Å². The van der Waals surface area contributed by atoms with Crippen molar-refractivity contribution >= 4 is 5.97 Å². The number of carboxylic acid groups (broad SMARTS) is 1. The number of aliphatic carboxylic acids is 1. The molecule has 0 fully saturated rings. The lowest BCUT2D eigenvalue weighted by molar-refractivity contribution is -0.139. The number of nitrogens with zero attached hydrogens (tertiary/aromatic N) is 1. The van der Waals surface area contributed by atoms with Crippen molar-refractivity contribution in [1.82, 2.24) is 4.90 Å². The van der Waals surface area contributed by atoms with E-state index < -0.39 is 5.97 Å². The van der Waals surface area contributed by atoms with Crippen LogP contribution in [0.5, 0.6) is 0 Å². The molecule has 0 spiro atoms. The van der Waals surface area contributed by atoms with E-state index in [0.717, 1.165) is 12.0 Å². The molecule has 0 aromatic heterocycles. The third kappa shape index (κ3) is 3.81. The first-order chi connectivity index (χ1) is 8.45. The molecular formula is C14H20FNO2. The van der Waals surface area contributed by atoms with Gasteiger partial charge in [-0.15, -0.1) is 0 Å². The van der Waals surface area contributed by atoms with Gasteiger partial charge in [0.1, 0.15) is 5.82 Å². The van der Waals surface area contributed by atoms with E-state index >= 15 is 0 Å². The Labute approximate surface area is 107 Å². The summed E-state index contributed by atoms with van der Waals surface area (Å²) in [4.78, 5) is 12.8. The summed E-state index contributed by atoms with van der Waals surface area (Å²) in [5.74, 6) is -1.15. The Balaban J connectivity index is 3.01. The molecular weight excluding hydrogens is 233 g/mol. The first-order valence-electron chi connectivity index (χ1n) is 6.18. The maximum atomic E-state index is 13.3. The summed E-state index contributed by atoms with van der Waals surface area (Å²) in [6.45, 7) is 5.84. The highest BCUT2D eigenvalue weighted by Gasteiger charge is 2.23. The van der Waals surface area contributed by atoms with Crippen LogP contribution in [-0.4, -0.2) is 28.6 Å². The number of benzene rings is 1. The highest BCUT2D eigenvalue weighted by atomic mass is 19.1. The van der Waals surface area contributed by atoms with Crippen molar-refractivity contribution < 1.29 is 14.3 Å². The average molecular weight is 253 g/mol. The highest BCUT2D eigenvalue weighted by molar-refractivity contribution is 5.69. The minimum Gasteiger partial charge on any atom is -0.480 e. The van der Waals surface area contributed by atoms with E-state index in [0.29, 0.717) is 0 Å². The predicted molar refractivity (Wildman–Crippen MR) is 68.9 cm³/mol. The van der Waals surface area contributed by atoms with Gasteiger partial charge in [0.2, 0.25) is 0 Å². The smallest absolute Gasteiger partial charge is 0.317 e. The van der Waals surface area contributed by atoms with Crippen LogP contribution in [0.15, 0.2) is 24.3 Å². The summed E-state index contributed by atoms with van der Waals surface area (Å²) >= 11 is 0. The van der Waals surface area contributed by atoms with Crippen LogP contribution >= 0.6 is 0 Å². The third-order valence-electron chi connectivity index (χ3n) is 3.00. The zero-order valence-corrected chi connectivity index (χ0v) is 11.1. The van der Waals surface area contributed by atoms with E-state index in [-0.39, 0.29) is 24.4 Å². The molecule has 1 unspecified atom stereocenters. The first-order valence-corrected chi connectivity index (χ1v) is 6.18. The van der Waals surface area contributed by atoms with Crippen LogP contribution in [0.4, 0.5) is 4.39 Å². The van der Waals surface area contributed by atoms with Crippen LogP contribution in [0.2, 0.25) is 0 Å². The second-order valence-electron chi connectivity index (χ2n) is 4.64. The van der Waals surface area contributed by atoms with Gasteiger partial charge in [-0.2, -0.15) is 0 Å². The average Bonchev–Trinajstić information content (AvgIpc) is 2.28. The molecule has 0 aliphatic rings. The Morgan fingerprint density at radius 2 is 2.11 bits per heavy atom. The predicted octanol–water partition coefficient (Wildman–Crippen LogP) is 3.07. The summed E-state index contributed by atoms with van der Waals surface area (Å²) < 4.78 is 13.3. The van der Waals surface area contributed by atoms with Crippen LogP contribution in [0, 0.1) is 5.82 Å². The zero-order chi connectivity index (χ0) is 13.7. The minimum absolute atomic E-state index is 0.0350. The molecule has 1 aromatic carbocycles. The number of hydrogen-bond donors (Lipinski definition) is 1. The molecule has 0 aliphatic heterocycles. The van der Waals surface area contributed by atoms with Gasteiger partial charge in [0, 0.05) is 12.1 Å². The fourth-order valence-corrected chi connectivity index (χ4v) is 2.18. The highest BCUT2D eigenvalue weighted by Crippen LogP contribution is 2.26. The molecule has 1 atom stereocenters. The number of halogens is 1. The van der Waals surface area contributed by atoms with E-state index in [1.165, 1.54) is 12.1 Å². The molecule has 18 heavy (non-hydrogen) atoms. The summed E-state index contributed by atoms with van der Waals surface area (Å²) in [6.07, 6.45) is 0.745. The van der Waals surface area contributed by atoms with Crippen molar-refractivity contribution in [3.05, 3.63) is 35.6 Å². The zero-order valence-electron chi connectivity index (χ0n) is 11.1. The van der Waals surface area contributed by atoms with Gasteiger partial charge < -0.3 is 5.11 Å². The first kappa shape index (κ1) is 14.6. The molecule has 0 saturated heterocycles. The van der Waals surface area contributed by atoms with Crippen molar-refractivity contribution in [2.75, 3.05) is 6.54 Å². The molecule has 0 saturated carbocycles. The lowest BCUT2D eigenvalue weighted by atomic mass is 10.0. The van der Waals surface area contributed by atoms with Gasteiger partial charge in [-0.25, -0.2) is 4.39 Å². The lowest BCUT2D eigenvalue weighted by Gasteiger charge is -2.33. The van der Waals surface area contributed by atoms with Crippen LogP contribution in [0.3, 0.4) is 0 Å². The Morgan fingerprint density at radius 3 is 2.56 bits per heavy atom. The molecule has 1 N–H and O–H groups in total. The van der Waals surface area contributed by atoms with Gasteiger partial charge in [0.05, 0.1) is 6.54 Å². The quantitative estimate of drug-likeness (QED) is 0.847. The Hall–Kier alpha value is -1.42. The molecule has 1 aromatic rings. The topological polar surface area (TPSA) is 40.5 Å². The molecule has 0 aliphatic carbocycles. The molecule has 0 bridgehead atoms. The van der Waals surface area contributed by atoms with Gasteiger partial charge in [-0.1, -0.05) is 19.1 Å². The van der Waals surface area contributed by atoms with E-state index in [1.54, 1.807) is 6.07 Å². The van der Waals surface area contributed by atoms with Crippen molar-refractivity contribution in [3.8, 4) is 0 Å². The van der Waals surface area contributed by atoms with Crippen LogP contribution in [0.1, 0.15) is 38.8 Å². The number of rotatable bonds is 6. The van der Waals surface area contributed by atoms with E-state index in [4.69, 9.17) is 5.11 Å². The Kier molecular flexibility index (Phi) is 5.28. The second kappa shape index (κ2) is 6.50. The van der Waals surface area contributed by atoms with Crippen molar-refractivity contribution in [1.29, 1.82) is 0 Å².